The van der Waals surface area contributed by atoms with Crippen LogP contribution in [0.5, 0.6) is 11.5 Å². The summed E-state index contributed by atoms with van der Waals surface area (Å²) in [6, 6.07) is 4.59. The quantitative estimate of drug-likeness (QED) is 0.793. The Morgan fingerprint density at radius 3 is 2.88 bits per heavy atom. The molecular weight excluding hydrogens is 230 g/mol. The van der Waals surface area contributed by atoms with E-state index in [9.17, 15) is 9.90 Å². The van der Waals surface area contributed by atoms with E-state index in [1.807, 2.05) is 0 Å². The van der Waals surface area contributed by atoms with Gasteiger partial charge in [0.2, 0.25) is 0 Å². The number of carbonyl (C=O) groups excluding carboxylic acids is 1. The molecule has 0 aliphatic heterocycles. The van der Waals surface area contributed by atoms with Gasteiger partial charge in [-0.25, -0.2) is 0 Å². The number of phenols is 1. The van der Waals surface area contributed by atoms with Crippen LogP contribution in [0.25, 0.3) is 0 Å². The van der Waals surface area contributed by atoms with E-state index in [1.54, 1.807) is 19.1 Å². The molecule has 0 saturated heterocycles. The second-order valence-corrected chi connectivity index (χ2v) is 3.69. The minimum absolute atomic E-state index is 0.153. The molecule has 1 rings (SSSR count). The smallest absolute Gasteiger partial charge is 0.255 e. The van der Waals surface area contributed by atoms with Crippen LogP contribution in [0.3, 0.4) is 0 Å². The van der Waals surface area contributed by atoms with Crippen LogP contribution in [0.4, 0.5) is 0 Å². The molecule has 2 N–H and O–H groups in total. The molecule has 0 radical (unpaired) electrons. The molecule has 1 amide bonds. The largest absolute Gasteiger partial charge is 0.504 e. The lowest BCUT2D eigenvalue weighted by Crippen LogP contribution is -2.33. The Bertz CT molecular complexity index is 381. The molecule has 1 unspecified atom stereocenters. The lowest BCUT2D eigenvalue weighted by atomic mass is 10.1. The topological polar surface area (TPSA) is 58.6 Å². The number of alkyl halides is 1. The van der Waals surface area contributed by atoms with Crippen molar-refractivity contribution in [1.82, 2.24) is 5.32 Å². The minimum atomic E-state index is -0.371. The van der Waals surface area contributed by atoms with Gasteiger partial charge in [-0.3, -0.25) is 4.79 Å². The third-order valence-corrected chi connectivity index (χ3v) is 2.54. The summed E-state index contributed by atoms with van der Waals surface area (Å²) < 4.78 is 4.91. The Hall–Kier alpha value is -1.42. The third kappa shape index (κ3) is 2.79. The molecule has 0 saturated carbocycles. The molecule has 1 aromatic carbocycles. The maximum atomic E-state index is 11.7. The molecule has 0 heterocycles. The summed E-state index contributed by atoms with van der Waals surface area (Å²) in [5.74, 6) is 0.0521. The van der Waals surface area contributed by atoms with Crippen molar-refractivity contribution < 1.29 is 14.6 Å². The number of hydrogen-bond donors (Lipinski definition) is 2. The van der Waals surface area contributed by atoms with E-state index in [-0.39, 0.29) is 29.0 Å². The fraction of sp³-hybridized carbons (Fsp3) is 0.364. The monoisotopic (exact) mass is 243 g/mol. The summed E-state index contributed by atoms with van der Waals surface area (Å²) >= 11 is 5.58. The maximum absolute atomic E-state index is 11.7. The fourth-order valence-electron chi connectivity index (χ4n) is 1.21. The average molecular weight is 244 g/mol. The summed E-state index contributed by atoms with van der Waals surface area (Å²) in [4.78, 5) is 11.7. The summed E-state index contributed by atoms with van der Waals surface area (Å²) in [6.45, 7) is 1.78. The number of benzene rings is 1. The van der Waals surface area contributed by atoms with E-state index >= 15 is 0 Å². The van der Waals surface area contributed by atoms with Gasteiger partial charge in [0, 0.05) is 11.9 Å². The van der Waals surface area contributed by atoms with Crippen LogP contribution in [-0.2, 0) is 0 Å². The Labute approximate surface area is 99.2 Å². The van der Waals surface area contributed by atoms with Gasteiger partial charge in [-0.2, -0.15) is 0 Å². The van der Waals surface area contributed by atoms with Gasteiger partial charge in [-0.15, -0.1) is 11.6 Å². The van der Waals surface area contributed by atoms with Gasteiger partial charge >= 0.3 is 0 Å². The number of carbonyl (C=O) groups is 1. The van der Waals surface area contributed by atoms with Crippen LogP contribution in [0, 0.1) is 0 Å². The van der Waals surface area contributed by atoms with Crippen molar-refractivity contribution in [2.45, 2.75) is 13.0 Å². The summed E-state index contributed by atoms with van der Waals surface area (Å²) in [7, 11) is 1.43. The number of ether oxygens (including phenoxy) is 1. The first-order valence-electron chi connectivity index (χ1n) is 4.83. The van der Waals surface area contributed by atoms with Crippen LogP contribution >= 0.6 is 11.6 Å². The zero-order chi connectivity index (χ0) is 12.1. The highest BCUT2D eigenvalue weighted by Gasteiger charge is 2.15. The Morgan fingerprint density at radius 1 is 1.62 bits per heavy atom. The lowest BCUT2D eigenvalue weighted by Gasteiger charge is -2.12. The number of nitrogens with one attached hydrogen (secondary N) is 1. The number of rotatable bonds is 4. The van der Waals surface area contributed by atoms with Crippen molar-refractivity contribution in [3.8, 4) is 11.5 Å². The molecule has 0 aromatic heterocycles. The van der Waals surface area contributed by atoms with Crippen molar-refractivity contribution in [2.75, 3.05) is 13.0 Å². The van der Waals surface area contributed by atoms with Crippen molar-refractivity contribution >= 4 is 17.5 Å². The van der Waals surface area contributed by atoms with Gasteiger partial charge in [-0.05, 0) is 19.1 Å². The van der Waals surface area contributed by atoms with E-state index in [2.05, 4.69) is 5.32 Å². The van der Waals surface area contributed by atoms with E-state index in [0.29, 0.717) is 5.88 Å². The van der Waals surface area contributed by atoms with Crippen LogP contribution in [0.1, 0.15) is 17.3 Å². The summed E-state index contributed by atoms with van der Waals surface area (Å²) in [5, 5.41) is 12.4. The molecule has 0 bridgehead atoms. The zero-order valence-electron chi connectivity index (χ0n) is 9.16. The van der Waals surface area contributed by atoms with E-state index in [0.717, 1.165) is 0 Å². The molecule has 0 fully saturated rings. The molecule has 1 aromatic rings. The first-order valence-corrected chi connectivity index (χ1v) is 5.36. The molecule has 16 heavy (non-hydrogen) atoms. The van der Waals surface area contributed by atoms with Gasteiger partial charge < -0.3 is 15.2 Å². The van der Waals surface area contributed by atoms with Gasteiger partial charge in [0.15, 0.2) is 11.5 Å². The van der Waals surface area contributed by atoms with Gasteiger partial charge in [0.1, 0.15) is 0 Å². The molecule has 0 aliphatic carbocycles. The molecule has 5 heteroatoms. The van der Waals surface area contributed by atoms with E-state index in [4.69, 9.17) is 16.3 Å². The Balaban J connectivity index is 2.91. The second-order valence-electron chi connectivity index (χ2n) is 3.39. The number of phenolic OH excluding ortho intramolecular Hbond substituents is 1. The summed E-state index contributed by atoms with van der Waals surface area (Å²) in [5.41, 5.74) is 0.177. The van der Waals surface area contributed by atoms with E-state index in [1.165, 1.54) is 13.2 Å². The zero-order valence-corrected chi connectivity index (χ0v) is 9.91. The van der Waals surface area contributed by atoms with Crippen molar-refractivity contribution in [3.05, 3.63) is 23.8 Å². The number of aromatic hydroxyl groups is 1. The second kappa shape index (κ2) is 5.61. The molecule has 4 nitrogen and oxygen atoms in total. The van der Waals surface area contributed by atoms with Gasteiger partial charge in [0.25, 0.3) is 5.91 Å². The molecule has 88 valence electrons. The highest BCUT2D eigenvalue weighted by molar-refractivity contribution is 6.18. The molecule has 1 atom stereocenters. The van der Waals surface area contributed by atoms with Crippen LogP contribution in [0.15, 0.2) is 18.2 Å². The van der Waals surface area contributed by atoms with Gasteiger partial charge in [0.05, 0.1) is 12.7 Å². The number of para-hydroxylation sites is 1. The van der Waals surface area contributed by atoms with Crippen molar-refractivity contribution in [2.24, 2.45) is 0 Å². The van der Waals surface area contributed by atoms with Crippen LogP contribution in [0.2, 0.25) is 0 Å². The predicted octanol–water partition coefficient (Wildman–Crippen LogP) is 1.76. The number of methoxy groups -OCH3 is 1. The number of hydrogen-bond acceptors (Lipinski definition) is 3. The maximum Gasteiger partial charge on any atom is 0.255 e. The normalized spacial score (nSPS) is 11.9. The van der Waals surface area contributed by atoms with E-state index < -0.39 is 0 Å². The van der Waals surface area contributed by atoms with Crippen molar-refractivity contribution in [3.63, 3.8) is 0 Å². The summed E-state index contributed by atoms with van der Waals surface area (Å²) in [6.07, 6.45) is 0. The first-order chi connectivity index (χ1) is 7.60. The predicted molar refractivity (Wildman–Crippen MR) is 62.3 cm³/mol. The number of amides is 1. The third-order valence-electron chi connectivity index (χ3n) is 2.07. The van der Waals surface area contributed by atoms with Crippen LogP contribution < -0.4 is 10.1 Å². The lowest BCUT2D eigenvalue weighted by molar-refractivity contribution is 0.0940. The van der Waals surface area contributed by atoms with Crippen molar-refractivity contribution in [1.29, 1.82) is 0 Å². The average Bonchev–Trinajstić information content (AvgIpc) is 2.29. The molecule has 0 aliphatic rings. The molecular formula is C11H14ClNO3. The SMILES string of the molecule is COc1cccc(C(=O)NC(C)CCl)c1O. The Kier molecular flexibility index (Phi) is 4.43. The standard InChI is InChI=1S/C11H14ClNO3/c1-7(6-12)13-11(15)8-4-3-5-9(16-2)10(8)14/h3-5,7,14H,6H2,1-2H3,(H,13,15). The minimum Gasteiger partial charge on any atom is -0.504 e. The first kappa shape index (κ1) is 12.6. The van der Waals surface area contributed by atoms with Gasteiger partial charge in [-0.1, -0.05) is 6.07 Å². The highest BCUT2D eigenvalue weighted by Crippen LogP contribution is 2.29. The van der Waals surface area contributed by atoms with Crippen LogP contribution in [-0.4, -0.2) is 30.0 Å². The molecule has 0 spiro atoms. The highest BCUT2D eigenvalue weighted by atomic mass is 35.5. The number of halogens is 1. The fourth-order valence-corrected chi connectivity index (χ4v) is 1.29. The Morgan fingerprint density at radius 2 is 2.31 bits per heavy atom.